The molecule has 0 heterocycles. The Hall–Kier alpha value is -1.59. The van der Waals surface area contributed by atoms with Crippen LogP contribution in [0.1, 0.15) is 48.0 Å². The largest absolute Gasteiger partial charge is 0.366 e. The Bertz CT molecular complexity index is 466. The van der Waals surface area contributed by atoms with Crippen LogP contribution in [0.25, 0.3) is 0 Å². The average molecular weight is 328 g/mol. The first-order valence-corrected chi connectivity index (χ1v) is 7.49. The van der Waals surface area contributed by atoms with Crippen LogP contribution >= 0.6 is 12.4 Å². The van der Waals surface area contributed by atoms with Gasteiger partial charge in [-0.25, -0.2) is 0 Å². The summed E-state index contributed by atoms with van der Waals surface area (Å²) in [4.78, 5) is 22.7. The molecule has 0 saturated carbocycles. The lowest BCUT2D eigenvalue weighted by Gasteiger charge is -2.06. The van der Waals surface area contributed by atoms with E-state index < -0.39 is 5.91 Å². The second-order valence-electron chi connectivity index (χ2n) is 5.12. The lowest BCUT2D eigenvalue weighted by molar-refractivity contribution is -0.121. The van der Waals surface area contributed by atoms with E-state index >= 15 is 0 Å². The number of benzene rings is 1. The van der Waals surface area contributed by atoms with Crippen molar-refractivity contribution in [2.45, 2.75) is 38.5 Å². The number of nitrogens with two attached hydrogens (primary N) is 2. The van der Waals surface area contributed by atoms with Crippen LogP contribution < -0.4 is 16.8 Å². The summed E-state index contributed by atoms with van der Waals surface area (Å²) < 4.78 is 0. The Balaban J connectivity index is 0.00000441. The summed E-state index contributed by atoms with van der Waals surface area (Å²) in [5.41, 5.74) is 12.1. The maximum atomic E-state index is 11.6. The second-order valence-corrected chi connectivity index (χ2v) is 5.12. The molecule has 0 aliphatic rings. The van der Waals surface area contributed by atoms with E-state index in [-0.39, 0.29) is 18.3 Å². The number of unbranched alkanes of at least 4 members (excludes halogenated alkanes) is 3. The molecule has 0 aliphatic heterocycles. The Morgan fingerprint density at radius 2 is 1.82 bits per heavy atom. The fourth-order valence-corrected chi connectivity index (χ4v) is 2.10. The minimum atomic E-state index is -0.432. The van der Waals surface area contributed by atoms with Crippen LogP contribution in [-0.4, -0.2) is 24.9 Å². The first-order chi connectivity index (χ1) is 10.1. The third kappa shape index (κ3) is 8.64. The summed E-state index contributed by atoms with van der Waals surface area (Å²) in [6.45, 7) is 1.29. The summed E-state index contributed by atoms with van der Waals surface area (Å²) >= 11 is 0. The van der Waals surface area contributed by atoms with Crippen LogP contribution in [0.4, 0.5) is 0 Å². The minimum absolute atomic E-state index is 0. The molecule has 0 fully saturated rings. The zero-order valence-electron chi connectivity index (χ0n) is 12.8. The number of amides is 2. The SMILES string of the molecule is Cl.NCCCCCCC(=O)NCCc1cccc(C(N)=O)c1. The van der Waals surface area contributed by atoms with Crippen LogP contribution in [0.5, 0.6) is 0 Å². The molecule has 1 rings (SSSR count). The molecule has 5 nitrogen and oxygen atoms in total. The standard InChI is InChI=1S/C16H25N3O2.ClH/c17-10-4-2-1-3-8-15(20)19-11-9-13-6-5-7-14(12-13)16(18)21;/h5-7,12H,1-4,8-11,17H2,(H2,18,21)(H,19,20);1H. The predicted octanol–water partition coefficient (Wildman–Crippen LogP) is 1.78. The first kappa shape index (κ1) is 20.4. The molecule has 0 aromatic heterocycles. The molecule has 124 valence electrons. The van der Waals surface area contributed by atoms with Gasteiger partial charge in [0, 0.05) is 18.5 Å². The van der Waals surface area contributed by atoms with Gasteiger partial charge >= 0.3 is 0 Å². The molecule has 0 unspecified atom stereocenters. The van der Waals surface area contributed by atoms with Crippen molar-refractivity contribution in [3.8, 4) is 0 Å². The van der Waals surface area contributed by atoms with Crippen LogP contribution in [-0.2, 0) is 11.2 Å². The molecule has 0 aliphatic carbocycles. The van der Waals surface area contributed by atoms with E-state index in [9.17, 15) is 9.59 Å². The first-order valence-electron chi connectivity index (χ1n) is 7.49. The Morgan fingerprint density at radius 1 is 1.09 bits per heavy atom. The van der Waals surface area contributed by atoms with Gasteiger partial charge in [0.05, 0.1) is 0 Å². The van der Waals surface area contributed by atoms with Crippen molar-refractivity contribution < 1.29 is 9.59 Å². The van der Waals surface area contributed by atoms with Crippen molar-refractivity contribution in [3.63, 3.8) is 0 Å². The summed E-state index contributed by atoms with van der Waals surface area (Å²) in [5.74, 6) is -0.354. The quantitative estimate of drug-likeness (QED) is 0.571. The summed E-state index contributed by atoms with van der Waals surface area (Å²) in [7, 11) is 0. The fourth-order valence-electron chi connectivity index (χ4n) is 2.10. The van der Waals surface area contributed by atoms with Gasteiger partial charge in [0.1, 0.15) is 0 Å². The van der Waals surface area contributed by atoms with Gasteiger partial charge in [0.15, 0.2) is 0 Å². The highest BCUT2D eigenvalue weighted by Crippen LogP contribution is 2.05. The molecule has 1 aromatic rings. The number of carbonyl (C=O) groups excluding carboxylic acids is 2. The van der Waals surface area contributed by atoms with Crippen LogP contribution in [0.3, 0.4) is 0 Å². The zero-order chi connectivity index (χ0) is 15.5. The normalized spacial score (nSPS) is 9.86. The van der Waals surface area contributed by atoms with Gasteiger partial charge in [0.25, 0.3) is 0 Å². The van der Waals surface area contributed by atoms with Crippen molar-refractivity contribution in [2.24, 2.45) is 11.5 Å². The van der Waals surface area contributed by atoms with Crippen LogP contribution in [0.15, 0.2) is 24.3 Å². The van der Waals surface area contributed by atoms with E-state index in [0.29, 0.717) is 24.9 Å². The van der Waals surface area contributed by atoms with E-state index in [4.69, 9.17) is 11.5 Å². The van der Waals surface area contributed by atoms with Gasteiger partial charge in [-0.05, 0) is 43.5 Å². The third-order valence-corrected chi connectivity index (χ3v) is 3.31. The molecular weight excluding hydrogens is 302 g/mol. The summed E-state index contributed by atoms with van der Waals surface area (Å²) in [6.07, 6.45) is 5.32. The predicted molar refractivity (Wildman–Crippen MR) is 91.1 cm³/mol. The van der Waals surface area contributed by atoms with E-state index in [1.54, 1.807) is 18.2 Å². The van der Waals surface area contributed by atoms with Gasteiger partial charge in [0.2, 0.25) is 11.8 Å². The Morgan fingerprint density at radius 3 is 2.50 bits per heavy atom. The molecule has 22 heavy (non-hydrogen) atoms. The van der Waals surface area contributed by atoms with Crippen LogP contribution in [0, 0.1) is 0 Å². The molecule has 5 N–H and O–H groups in total. The molecule has 0 radical (unpaired) electrons. The van der Waals surface area contributed by atoms with Crippen molar-refractivity contribution in [3.05, 3.63) is 35.4 Å². The second kappa shape index (κ2) is 12.0. The van der Waals surface area contributed by atoms with Gasteiger partial charge in [-0.2, -0.15) is 0 Å². The Kier molecular flexibility index (Phi) is 11.1. The number of rotatable bonds is 10. The van der Waals surface area contributed by atoms with Crippen molar-refractivity contribution in [1.29, 1.82) is 0 Å². The van der Waals surface area contributed by atoms with Gasteiger partial charge in [-0.15, -0.1) is 12.4 Å². The summed E-state index contributed by atoms with van der Waals surface area (Å²) in [5, 5.41) is 2.89. The number of carbonyl (C=O) groups is 2. The maximum absolute atomic E-state index is 11.6. The summed E-state index contributed by atoms with van der Waals surface area (Å²) in [6, 6.07) is 7.17. The molecule has 0 atom stereocenters. The van der Waals surface area contributed by atoms with E-state index in [1.165, 1.54) is 0 Å². The maximum Gasteiger partial charge on any atom is 0.248 e. The number of halogens is 1. The zero-order valence-corrected chi connectivity index (χ0v) is 13.7. The molecule has 6 heteroatoms. The Labute approximate surface area is 138 Å². The molecule has 0 saturated heterocycles. The van der Waals surface area contributed by atoms with Gasteiger partial charge in [-0.3, -0.25) is 9.59 Å². The van der Waals surface area contributed by atoms with Gasteiger partial charge < -0.3 is 16.8 Å². The molecular formula is C16H26ClN3O2. The van der Waals surface area contributed by atoms with E-state index in [1.807, 2.05) is 6.07 Å². The molecule has 2 amide bonds. The number of nitrogens with one attached hydrogen (secondary N) is 1. The van der Waals surface area contributed by atoms with Crippen molar-refractivity contribution in [1.82, 2.24) is 5.32 Å². The fraction of sp³-hybridized carbons (Fsp3) is 0.500. The highest BCUT2D eigenvalue weighted by Gasteiger charge is 2.03. The lowest BCUT2D eigenvalue weighted by atomic mass is 10.1. The van der Waals surface area contributed by atoms with Gasteiger partial charge in [-0.1, -0.05) is 25.0 Å². The van der Waals surface area contributed by atoms with Crippen molar-refractivity contribution in [2.75, 3.05) is 13.1 Å². The highest BCUT2D eigenvalue weighted by molar-refractivity contribution is 5.92. The number of hydrogen-bond donors (Lipinski definition) is 3. The van der Waals surface area contributed by atoms with Crippen LogP contribution in [0.2, 0.25) is 0 Å². The monoisotopic (exact) mass is 327 g/mol. The van der Waals surface area contributed by atoms with E-state index in [0.717, 1.165) is 37.8 Å². The minimum Gasteiger partial charge on any atom is -0.366 e. The topological polar surface area (TPSA) is 98.2 Å². The smallest absolute Gasteiger partial charge is 0.248 e. The third-order valence-electron chi connectivity index (χ3n) is 3.31. The molecule has 1 aromatic carbocycles. The number of hydrogen-bond acceptors (Lipinski definition) is 3. The number of primary amides is 1. The highest BCUT2D eigenvalue weighted by atomic mass is 35.5. The van der Waals surface area contributed by atoms with Crippen molar-refractivity contribution >= 4 is 24.2 Å². The molecule has 0 bridgehead atoms. The average Bonchev–Trinajstić information content (AvgIpc) is 2.47. The molecule has 0 spiro atoms. The lowest BCUT2D eigenvalue weighted by Crippen LogP contribution is -2.25. The van der Waals surface area contributed by atoms with E-state index in [2.05, 4.69) is 5.32 Å².